The third kappa shape index (κ3) is 3.57. The third-order valence-corrected chi connectivity index (χ3v) is 6.96. The van der Waals surface area contributed by atoms with Gasteiger partial charge in [0.1, 0.15) is 5.75 Å². The highest BCUT2D eigenvalue weighted by Gasteiger charge is 2.41. The van der Waals surface area contributed by atoms with E-state index < -0.39 is 9.84 Å². The molecule has 0 aliphatic carbocycles. The minimum atomic E-state index is -2.95. The van der Waals surface area contributed by atoms with Gasteiger partial charge in [0.05, 0.1) is 31.2 Å². The molecule has 6 nitrogen and oxygen atoms in total. The maximum Gasteiger partial charge on any atom is 0.218 e. The fourth-order valence-electron chi connectivity index (χ4n) is 3.33. The Balaban J connectivity index is 1.92. The summed E-state index contributed by atoms with van der Waals surface area (Å²) in [5.41, 5.74) is 1.38. The highest BCUT2D eigenvalue weighted by molar-refractivity contribution is 7.91. The molecule has 0 N–H and O–H groups in total. The predicted octanol–water partition coefficient (Wildman–Crippen LogP) is 2.26. The van der Waals surface area contributed by atoms with Crippen molar-refractivity contribution in [2.75, 3.05) is 32.8 Å². The van der Waals surface area contributed by atoms with Crippen molar-refractivity contribution in [3.05, 3.63) is 29.8 Å². The van der Waals surface area contributed by atoms with Gasteiger partial charge < -0.3 is 9.47 Å². The summed E-state index contributed by atoms with van der Waals surface area (Å²) in [4.78, 5) is 6.68. The van der Waals surface area contributed by atoms with E-state index in [1.165, 1.54) is 0 Å². The lowest BCUT2D eigenvalue weighted by Gasteiger charge is -2.34. The summed E-state index contributed by atoms with van der Waals surface area (Å²) in [7, 11) is 2.23. The Morgan fingerprint density at radius 3 is 2.60 bits per heavy atom. The van der Waals surface area contributed by atoms with Crippen LogP contribution in [0.3, 0.4) is 0 Å². The number of pyridine rings is 1. The maximum absolute atomic E-state index is 11.9. The Hall–Kier alpha value is -1.86. The quantitative estimate of drug-likeness (QED) is 0.811. The van der Waals surface area contributed by atoms with Crippen molar-refractivity contribution in [2.24, 2.45) is 0 Å². The molecule has 25 heavy (non-hydrogen) atoms. The van der Waals surface area contributed by atoms with Gasteiger partial charge in [-0.25, -0.2) is 13.4 Å². The van der Waals surface area contributed by atoms with E-state index in [-0.39, 0.29) is 17.0 Å². The van der Waals surface area contributed by atoms with Crippen molar-refractivity contribution in [2.45, 2.75) is 25.4 Å². The van der Waals surface area contributed by atoms with Crippen LogP contribution in [0.1, 0.15) is 18.9 Å². The van der Waals surface area contributed by atoms with Crippen LogP contribution in [0.2, 0.25) is 0 Å². The van der Waals surface area contributed by atoms with Crippen LogP contribution in [-0.4, -0.2) is 56.6 Å². The van der Waals surface area contributed by atoms with Crippen LogP contribution in [0.25, 0.3) is 10.9 Å². The Bertz CT molecular complexity index is 897. The fraction of sp³-hybridized carbons (Fsp3) is 0.500. The van der Waals surface area contributed by atoms with Crippen molar-refractivity contribution in [1.29, 1.82) is 0 Å². The molecule has 0 spiro atoms. The van der Waals surface area contributed by atoms with Gasteiger partial charge in [-0.2, -0.15) is 0 Å². The molecule has 2 aromatic rings. The summed E-state index contributed by atoms with van der Waals surface area (Å²) >= 11 is 0. The zero-order valence-corrected chi connectivity index (χ0v) is 15.9. The lowest BCUT2D eigenvalue weighted by Crippen LogP contribution is -2.44. The van der Waals surface area contributed by atoms with Crippen molar-refractivity contribution in [1.82, 2.24) is 9.88 Å². The molecule has 0 bridgehead atoms. The number of hydrogen-bond acceptors (Lipinski definition) is 6. The molecule has 1 atom stereocenters. The topological polar surface area (TPSA) is 68.7 Å². The molecule has 1 aromatic carbocycles. The molecule has 0 radical (unpaired) electrons. The van der Waals surface area contributed by atoms with Gasteiger partial charge in [-0.3, -0.25) is 4.90 Å². The van der Waals surface area contributed by atoms with E-state index in [0.29, 0.717) is 18.8 Å². The van der Waals surface area contributed by atoms with E-state index in [4.69, 9.17) is 9.47 Å². The molecule has 7 heteroatoms. The average Bonchev–Trinajstić information content (AvgIpc) is 2.88. The van der Waals surface area contributed by atoms with Crippen LogP contribution in [-0.2, 0) is 16.4 Å². The predicted molar refractivity (Wildman–Crippen MR) is 98.0 cm³/mol. The number of rotatable bonds is 5. The molecule has 3 rings (SSSR count). The van der Waals surface area contributed by atoms with Crippen LogP contribution in [0.15, 0.2) is 24.3 Å². The molecular formula is C18H24N2O4S. The summed E-state index contributed by atoms with van der Waals surface area (Å²) in [5.74, 6) is 1.74. The summed E-state index contributed by atoms with van der Waals surface area (Å²) < 4.78 is 34.5. The second-order valence-corrected chi connectivity index (χ2v) is 9.09. The number of nitrogens with zero attached hydrogens (tertiary/aromatic N) is 2. The van der Waals surface area contributed by atoms with E-state index in [0.717, 1.165) is 22.2 Å². The average molecular weight is 364 g/mol. The van der Waals surface area contributed by atoms with Gasteiger partial charge in [0.15, 0.2) is 9.84 Å². The molecule has 1 aromatic heterocycles. The van der Waals surface area contributed by atoms with Gasteiger partial charge in [-0.15, -0.1) is 0 Å². The van der Waals surface area contributed by atoms with E-state index in [2.05, 4.69) is 9.88 Å². The van der Waals surface area contributed by atoms with E-state index in [1.54, 1.807) is 14.2 Å². The monoisotopic (exact) mass is 364 g/mol. The highest BCUT2D eigenvalue weighted by Crippen LogP contribution is 2.32. The summed E-state index contributed by atoms with van der Waals surface area (Å²) in [6, 6.07) is 7.78. The Morgan fingerprint density at radius 2 is 2.00 bits per heavy atom. The highest BCUT2D eigenvalue weighted by atomic mass is 32.2. The van der Waals surface area contributed by atoms with E-state index in [1.807, 2.05) is 38.2 Å². The van der Waals surface area contributed by atoms with E-state index >= 15 is 0 Å². The van der Waals surface area contributed by atoms with Crippen LogP contribution in [0.4, 0.5) is 0 Å². The molecule has 1 fully saturated rings. The number of methoxy groups -OCH3 is 2. The first-order valence-electron chi connectivity index (χ1n) is 8.20. The first-order valence-corrected chi connectivity index (χ1v) is 10.0. The van der Waals surface area contributed by atoms with Gasteiger partial charge in [-0.05, 0) is 38.6 Å². The Morgan fingerprint density at radius 1 is 1.24 bits per heavy atom. The molecule has 0 amide bonds. The zero-order chi connectivity index (χ0) is 18.2. The van der Waals surface area contributed by atoms with Gasteiger partial charge in [0.2, 0.25) is 5.88 Å². The molecular weight excluding hydrogens is 340 g/mol. The van der Waals surface area contributed by atoms with Crippen molar-refractivity contribution >= 4 is 20.7 Å². The molecule has 136 valence electrons. The van der Waals surface area contributed by atoms with Gasteiger partial charge >= 0.3 is 0 Å². The molecule has 0 saturated carbocycles. The first-order chi connectivity index (χ1) is 11.8. The molecule has 1 saturated heterocycles. The zero-order valence-electron chi connectivity index (χ0n) is 15.1. The largest absolute Gasteiger partial charge is 0.497 e. The number of benzene rings is 1. The Labute approximate surface area is 148 Å². The summed E-state index contributed by atoms with van der Waals surface area (Å²) in [6.45, 7) is 2.58. The number of fused-ring (bicyclic) bond motifs is 1. The lowest BCUT2D eigenvalue weighted by atomic mass is 9.99. The number of hydrogen-bond donors (Lipinski definition) is 0. The minimum Gasteiger partial charge on any atom is -0.497 e. The molecule has 2 heterocycles. The van der Waals surface area contributed by atoms with Crippen LogP contribution in [0, 0.1) is 0 Å². The summed E-state index contributed by atoms with van der Waals surface area (Å²) in [5, 5.41) is 0.995. The van der Waals surface area contributed by atoms with Crippen molar-refractivity contribution in [3.8, 4) is 11.6 Å². The van der Waals surface area contributed by atoms with Crippen LogP contribution in [0.5, 0.6) is 11.6 Å². The standard InChI is InChI=1S/C18H24N2O4S/c1-18(7-8-25(21,22)12-18)20(2)11-14-9-13-5-6-15(23-3)10-16(13)19-17(14)24-4/h5-6,9-10H,7-8,11-12H2,1-4H3/t18-/m0/s1. The summed E-state index contributed by atoms with van der Waals surface area (Å²) in [6.07, 6.45) is 0.645. The second kappa shape index (κ2) is 6.46. The molecule has 1 aliphatic rings. The van der Waals surface area contributed by atoms with Crippen molar-refractivity contribution in [3.63, 3.8) is 0 Å². The number of sulfone groups is 1. The van der Waals surface area contributed by atoms with Crippen molar-refractivity contribution < 1.29 is 17.9 Å². The first kappa shape index (κ1) is 17.9. The van der Waals surface area contributed by atoms with Gasteiger partial charge in [0.25, 0.3) is 0 Å². The third-order valence-electron chi connectivity index (χ3n) is 5.07. The molecule has 1 aliphatic heterocycles. The van der Waals surface area contributed by atoms with Gasteiger partial charge in [0, 0.05) is 29.1 Å². The maximum atomic E-state index is 11.9. The van der Waals surface area contributed by atoms with Gasteiger partial charge in [-0.1, -0.05) is 0 Å². The minimum absolute atomic E-state index is 0.191. The van der Waals surface area contributed by atoms with E-state index in [9.17, 15) is 8.42 Å². The fourth-order valence-corrected chi connectivity index (χ4v) is 5.54. The normalized spacial score (nSPS) is 22.4. The Kier molecular flexibility index (Phi) is 4.64. The molecule has 0 unspecified atom stereocenters. The number of aromatic nitrogens is 1. The lowest BCUT2D eigenvalue weighted by molar-refractivity contribution is 0.152. The second-order valence-electron chi connectivity index (χ2n) is 6.91. The van der Waals surface area contributed by atoms with Crippen LogP contribution < -0.4 is 9.47 Å². The SMILES string of the molecule is COc1ccc2cc(CN(C)[C@@]3(C)CCS(=O)(=O)C3)c(OC)nc2c1. The van der Waals surface area contributed by atoms with Crippen LogP contribution >= 0.6 is 0 Å². The smallest absolute Gasteiger partial charge is 0.218 e. The number of ether oxygens (including phenoxy) is 2.